The molecule has 0 radical (unpaired) electrons. The number of aliphatic carboxylic acids is 1. The topological polar surface area (TPSA) is 62.5 Å². The smallest absolute Gasteiger partial charge is 0.327 e. The zero-order valence-electron chi connectivity index (χ0n) is 8.51. The van der Waals surface area contributed by atoms with Crippen molar-refractivity contribution in [1.82, 2.24) is 4.57 Å². The van der Waals surface area contributed by atoms with Crippen molar-refractivity contribution in [3.05, 3.63) is 9.33 Å². The van der Waals surface area contributed by atoms with Gasteiger partial charge in [-0.05, 0) is 18.1 Å². The van der Waals surface area contributed by atoms with Crippen LogP contribution in [-0.4, -0.2) is 20.7 Å². The van der Waals surface area contributed by atoms with Gasteiger partial charge in [0.2, 0.25) is 5.88 Å². The molecular weight excluding hydrogens is 234 g/mol. The van der Waals surface area contributed by atoms with Crippen LogP contribution in [0.5, 0.6) is 5.88 Å². The Balaban J connectivity index is 3.21. The van der Waals surface area contributed by atoms with Gasteiger partial charge in [-0.25, -0.2) is 4.79 Å². The lowest BCUT2D eigenvalue weighted by molar-refractivity contribution is -0.142. The fraction of sp³-hybridized carbons (Fsp3) is 0.556. The molecule has 1 heterocycles. The van der Waals surface area contributed by atoms with Crippen LogP contribution in [0.2, 0.25) is 0 Å². The van der Waals surface area contributed by atoms with E-state index in [0.29, 0.717) is 10.4 Å². The summed E-state index contributed by atoms with van der Waals surface area (Å²) in [6.45, 7) is 3.74. The molecule has 1 rings (SSSR count). The van der Waals surface area contributed by atoms with Gasteiger partial charge in [-0.2, -0.15) is 0 Å². The molecule has 15 heavy (non-hydrogen) atoms. The Labute approximate surface area is 96.8 Å². The van der Waals surface area contributed by atoms with Crippen molar-refractivity contribution in [1.29, 1.82) is 0 Å². The lowest BCUT2D eigenvalue weighted by Gasteiger charge is -2.20. The fourth-order valence-electron chi connectivity index (χ4n) is 1.40. The molecule has 0 fully saturated rings. The van der Waals surface area contributed by atoms with Crippen molar-refractivity contribution in [3.63, 3.8) is 0 Å². The van der Waals surface area contributed by atoms with Crippen LogP contribution in [-0.2, 0) is 4.79 Å². The first-order valence-electron chi connectivity index (χ1n) is 4.60. The summed E-state index contributed by atoms with van der Waals surface area (Å²) < 4.78 is 1.69. The molecule has 84 valence electrons. The van der Waals surface area contributed by atoms with Gasteiger partial charge in [0.05, 0.1) is 5.38 Å². The molecule has 0 amide bonds. The van der Waals surface area contributed by atoms with Gasteiger partial charge in [0, 0.05) is 0 Å². The number of thiazole rings is 1. The van der Waals surface area contributed by atoms with Gasteiger partial charge in [-0.3, -0.25) is 4.57 Å². The highest BCUT2D eigenvalue weighted by Crippen LogP contribution is 2.29. The first kappa shape index (κ1) is 12.2. The summed E-state index contributed by atoms with van der Waals surface area (Å²) >= 11 is 6.16. The van der Waals surface area contributed by atoms with Crippen LogP contribution in [0.15, 0.2) is 5.38 Å². The van der Waals surface area contributed by atoms with Gasteiger partial charge in [-0.15, -0.1) is 11.3 Å². The third kappa shape index (κ3) is 2.38. The van der Waals surface area contributed by atoms with E-state index >= 15 is 0 Å². The molecular formula is C9H13NO3S2. The number of aromatic nitrogens is 1. The molecule has 0 unspecified atom stereocenters. The maximum absolute atomic E-state index is 11.1. The van der Waals surface area contributed by atoms with Crippen molar-refractivity contribution in [2.24, 2.45) is 5.92 Å². The van der Waals surface area contributed by atoms with E-state index in [1.165, 1.54) is 21.3 Å². The predicted octanol–water partition coefficient (Wildman–Crippen LogP) is 2.66. The van der Waals surface area contributed by atoms with Crippen molar-refractivity contribution in [3.8, 4) is 5.88 Å². The summed E-state index contributed by atoms with van der Waals surface area (Å²) in [5, 5.41) is 20.1. The monoisotopic (exact) mass is 247 g/mol. The Kier molecular flexibility index (Phi) is 3.87. The SMILES string of the molecule is CC[C@H](C)[C@@H](C(=O)O)n1c(O)csc1=S. The second-order valence-corrected chi connectivity index (χ2v) is 4.90. The highest BCUT2D eigenvalue weighted by Gasteiger charge is 2.27. The van der Waals surface area contributed by atoms with E-state index in [-0.39, 0.29) is 11.8 Å². The minimum atomic E-state index is -0.964. The zero-order valence-corrected chi connectivity index (χ0v) is 10.1. The number of carboxylic acid groups (broad SMARTS) is 1. The van der Waals surface area contributed by atoms with Crippen LogP contribution in [0.3, 0.4) is 0 Å². The fourth-order valence-corrected chi connectivity index (χ4v) is 2.39. The summed E-state index contributed by atoms with van der Waals surface area (Å²) in [6.07, 6.45) is 0.716. The molecule has 6 heteroatoms. The molecule has 0 aliphatic heterocycles. The first-order chi connectivity index (χ1) is 6.99. The van der Waals surface area contributed by atoms with Gasteiger partial charge in [0.15, 0.2) is 3.95 Å². The maximum atomic E-state index is 11.1. The van der Waals surface area contributed by atoms with Crippen LogP contribution in [0.25, 0.3) is 0 Å². The molecule has 4 nitrogen and oxygen atoms in total. The molecule has 1 aromatic heterocycles. The van der Waals surface area contributed by atoms with E-state index in [4.69, 9.17) is 17.3 Å². The number of nitrogens with zero attached hydrogens (tertiary/aromatic N) is 1. The average molecular weight is 247 g/mol. The lowest BCUT2D eigenvalue weighted by Crippen LogP contribution is -2.25. The predicted molar refractivity (Wildman–Crippen MR) is 60.9 cm³/mol. The molecule has 0 bridgehead atoms. The van der Waals surface area contributed by atoms with Gasteiger partial charge >= 0.3 is 5.97 Å². The molecule has 0 aliphatic carbocycles. The molecule has 0 aliphatic rings. The summed E-state index contributed by atoms with van der Waals surface area (Å²) in [5.74, 6) is -1.11. The molecule has 0 spiro atoms. The van der Waals surface area contributed by atoms with Crippen LogP contribution in [0.4, 0.5) is 0 Å². The number of aromatic hydroxyl groups is 1. The number of carbonyl (C=O) groups is 1. The van der Waals surface area contributed by atoms with Gasteiger partial charge < -0.3 is 10.2 Å². The second kappa shape index (κ2) is 4.76. The van der Waals surface area contributed by atoms with Crippen molar-refractivity contribution < 1.29 is 15.0 Å². The first-order valence-corrected chi connectivity index (χ1v) is 5.89. The largest absolute Gasteiger partial charge is 0.494 e. The van der Waals surface area contributed by atoms with E-state index in [1.807, 2.05) is 13.8 Å². The number of hydrogen-bond donors (Lipinski definition) is 2. The number of carboxylic acids is 1. The highest BCUT2D eigenvalue weighted by atomic mass is 32.1. The average Bonchev–Trinajstić information content (AvgIpc) is 2.49. The summed E-state index contributed by atoms with van der Waals surface area (Å²) in [5.41, 5.74) is 0. The molecule has 0 saturated carbocycles. The van der Waals surface area contributed by atoms with E-state index in [2.05, 4.69) is 0 Å². The van der Waals surface area contributed by atoms with Crippen molar-refractivity contribution in [2.45, 2.75) is 26.3 Å². The Hall–Kier alpha value is -0.880. The Morgan fingerprint density at radius 3 is 2.67 bits per heavy atom. The molecule has 2 N–H and O–H groups in total. The zero-order chi connectivity index (χ0) is 11.6. The summed E-state index contributed by atoms with van der Waals surface area (Å²) in [7, 11) is 0. The standard InChI is InChI=1S/C9H13NO3S2/c1-3-5(2)7(8(12)13)10-6(11)4-15-9(10)14/h4-5,7,11H,3H2,1-2H3,(H,12,13)/t5-,7-/m0/s1. The molecule has 0 aromatic carbocycles. The summed E-state index contributed by atoms with van der Waals surface area (Å²) in [6, 6.07) is -0.784. The van der Waals surface area contributed by atoms with Crippen LogP contribution in [0, 0.1) is 9.87 Å². The Morgan fingerprint density at radius 1 is 1.73 bits per heavy atom. The minimum absolute atomic E-state index is 0.0716. The van der Waals surface area contributed by atoms with Crippen molar-refractivity contribution >= 4 is 29.5 Å². The Bertz CT molecular complexity index is 410. The molecule has 1 aromatic rings. The van der Waals surface area contributed by atoms with Crippen LogP contribution in [0.1, 0.15) is 26.3 Å². The second-order valence-electron chi connectivity index (χ2n) is 3.40. The third-order valence-corrected chi connectivity index (χ3v) is 3.64. The van der Waals surface area contributed by atoms with E-state index < -0.39 is 12.0 Å². The normalized spacial score (nSPS) is 14.8. The lowest BCUT2D eigenvalue weighted by atomic mass is 9.99. The van der Waals surface area contributed by atoms with Crippen LogP contribution >= 0.6 is 23.6 Å². The van der Waals surface area contributed by atoms with Gasteiger partial charge in [0.25, 0.3) is 0 Å². The Morgan fingerprint density at radius 2 is 2.33 bits per heavy atom. The molecule has 0 saturated heterocycles. The maximum Gasteiger partial charge on any atom is 0.327 e. The third-order valence-electron chi connectivity index (χ3n) is 2.42. The van der Waals surface area contributed by atoms with E-state index in [0.717, 1.165) is 0 Å². The van der Waals surface area contributed by atoms with E-state index in [9.17, 15) is 9.90 Å². The quantitative estimate of drug-likeness (QED) is 0.803. The van der Waals surface area contributed by atoms with E-state index in [1.54, 1.807) is 0 Å². The van der Waals surface area contributed by atoms with Crippen LogP contribution < -0.4 is 0 Å². The van der Waals surface area contributed by atoms with Crippen molar-refractivity contribution in [2.75, 3.05) is 0 Å². The number of hydrogen-bond acceptors (Lipinski definition) is 4. The van der Waals surface area contributed by atoms with Gasteiger partial charge in [-0.1, -0.05) is 20.3 Å². The number of rotatable bonds is 4. The van der Waals surface area contributed by atoms with Gasteiger partial charge in [0.1, 0.15) is 6.04 Å². The molecule has 2 atom stereocenters. The highest BCUT2D eigenvalue weighted by molar-refractivity contribution is 7.73. The summed E-state index contributed by atoms with van der Waals surface area (Å²) in [4.78, 5) is 11.1. The minimum Gasteiger partial charge on any atom is -0.494 e.